The number of carbonyl (C=O) groups excluding carboxylic acids is 2. The molecule has 1 unspecified atom stereocenters. The van der Waals surface area contributed by atoms with Crippen LogP contribution in [0.1, 0.15) is 6.92 Å². The van der Waals surface area contributed by atoms with Gasteiger partial charge in [0.25, 0.3) is 11.8 Å². The summed E-state index contributed by atoms with van der Waals surface area (Å²) in [5, 5.41) is 0.734. The van der Waals surface area contributed by atoms with Crippen molar-refractivity contribution >= 4 is 35.0 Å². The lowest BCUT2D eigenvalue weighted by atomic mass is 10.1. The molecule has 31 heavy (non-hydrogen) atoms. The van der Waals surface area contributed by atoms with Gasteiger partial charge in [0.15, 0.2) is 12.7 Å². The normalized spacial score (nSPS) is 11.3. The third-order valence-corrected chi connectivity index (χ3v) is 4.75. The molecule has 3 aromatic carbocycles. The van der Waals surface area contributed by atoms with Crippen LogP contribution in [0.25, 0.3) is 11.1 Å². The number of para-hydroxylation sites is 1. The van der Waals surface area contributed by atoms with Gasteiger partial charge in [-0.1, -0.05) is 71.7 Å². The lowest BCUT2D eigenvalue weighted by molar-refractivity contribution is -0.133. The number of hydrazine groups is 1. The Morgan fingerprint density at radius 3 is 2.35 bits per heavy atom. The minimum absolute atomic E-state index is 0.275. The van der Waals surface area contributed by atoms with Crippen LogP contribution >= 0.6 is 23.2 Å². The lowest BCUT2D eigenvalue weighted by Crippen LogP contribution is -2.48. The first-order chi connectivity index (χ1) is 14.9. The van der Waals surface area contributed by atoms with Gasteiger partial charge in [0, 0.05) is 10.6 Å². The molecule has 0 heterocycles. The van der Waals surface area contributed by atoms with E-state index in [1.54, 1.807) is 18.2 Å². The third kappa shape index (κ3) is 6.38. The van der Waals surface area contributed by atoms with Crippen LogP contribution in [-0.2, 0) is 9.59 Å². The Bertz CT molecular complexity index is 1060. The zero-order valence-electron chi connectivity index (χ0n) is 16.6. The number of hydrogen-bond donors (Lipinski definition) is 2. The Morgan fingerprint density at radius 1 is 0.903 bits per heavy atom. The summed E-state index contributed by atoms with van der Waals surface area (Å²) in [5.74, 6) is -0.206. The van der Waals surface area contributed by atoms with E-state index < -0.39 is 17.9 Å². The lowest BCUT2D eigenvalue weighted by Gasteiger charge is -2.16. The highest BCUT2D eigenvalue weighted by atomic mass is 35.5. The first-order valence-electron chi connectivity index (χ1n) is 9.41. The van der Waals surface area contributed by atoms with E-state index in [1.807, 2.05) is 48.5 Å². The van der Waals surface area contributed by atoms with Gasteiger partial charge in [-0.05, 0) is 36.8 Å². The number of ether oxygens (including phenoxy) is 2. The van der Waals surface area contributed by atoms with E-state index in [0.717, 1.165) is 11.1 Å². The second-order valence-corrected chi connectivity index (χ2v) is 7.37. The second kappa shape index (κ2) is 10.7. The number of benzene rings is 3. The molecule has 0 aliphatic rings. The predicted molar refractivity (Wildman–Crippen MR) is 120 cm³/mol. The molecule has 0 radical (unpaired) electrons. The summed E-state index contributed by atoms with van der Waals surface area (Å²) in [6.45, 7) is 1.25. The smallest absolute Gasteiger partial charge is 0.279 e. The van der Waals surface area contributed by atoms with Crippen molar-refractivity contribution in [3.05, 3.63) is 82.8 Å². The largest absolute Gasteiger partial charge is 0.483 e. The van der Waals surface area contributed by atoms with Gasteiger partial charge in [0.05, 0.1) is 5.02 Å². The minimum atomic E-state index is -0.904. The van der Waals surface area contributed by atoms with Crippen molar-refractivity contribution in [1.82, 2.24) is 10.9 Å². The van der Waals surface area contributed by atoms with E-state index in [4.69, 9.17) is 32.7 Å². The van der Waals surface area contributed by atoms with Gasteiger partial charge in [0.2, 0.25) is 0 Å². The topological polar surface area (TPSA) is 76.7 Å². The summed E-state index contributed by atoms with van der Waals surface area (Å²) in [5.41, 5.74) is 6.44. The van der Waals surface area contributed by atoms with Gasteiger partial charge in [-0.25, -0.2) is 0 Å². The van der Waals surface area contributed by atoms with Crippen LogP contribution in [0.4, 0.5) is 0 Å². The van der Waals surface area contributed by atoms with E-state index in [-0.39, 0.29) is 11.6 Å². The number of hydrogen-bond acceptors (Lipinski definition) is 4. The summed E-state index contributed by atoms with van der Waals surface area (Å²) in [6, 6.07) is 21.8. The molecule has 2 amide bonds. The second-order valence-electron chi connectivity index (χ2n) is 6.52. The van der Waals surface area contributed by atoms with E-state index in [9.17, 15) is 9.59 Å². The highest BCUT2D eigenvalue weighted by molar-refractivity contribution is 6.35. The predicted octanol–water partition coefficient (Wildman–Crippen LogP) is 4.65. The summed E-state index contributed by atoms with van der Waals surface area (Å²) in [7, 11) is 0. The van der Waals surface area contributed by atoms with Crippen molar-refractivity contribution in [2.24, 2.45) is 0 Å². The van der Waals surface area contributed by atoms with Gasteiger partial charge in [-0.2, -0.15) is 0 Å². The highest BCUT2D eigenvalue weighted by Gasteiger charge is 2.17. The van der Waals surface area contributed by atoms with Crippen molar-refractivity contribution in [2.75, 3.05) is 6.61 Å². The average molecular weight is 459 g/mol. The maximum absolute atomic E-state index is 12.2. The molecule has 0 saturated heterocycles. The molecule has 0 aliphatic carbocycles. The van der Waals surface area contributed by atoms with Crippen molar-refractivity contribution in [3.63, 3.8) is 0 Å². The third-order valence-electron chi connectivity index (χ3n) is 4.22. The Morgan fingerprint density at radius 2 is 1.61 bits per heavy atom. The molecular formula is C23H20Cl2N2O4. The molecule has 0 aliphatic heterocycles. The van der Waals surface area contributed by atoms with E-state index in [0.29, 0.717) is 16.5 Å². The molecule has 2 N–H and O–H groups in total. The van der Waals surface area contributed by atoms with Gasteiger partial charge >= 0.3 is 0 Å². The van der Waals surface area contributed by atoms with Crippen LogP contribution in [0.15, 0.2) is 72.8 Å². The summed E-state index contributed by atoms with van der Waals surface area (Å²) >= 11 is 11.9. The molecule has 0 saturated carbocycles. The van der Waals surface area contributed by atoms with Crippen molar-refractivity contribution in [2.45, 2.75) is 13.0 Å². The number of carbonyl (C=O) groups is 2. The maximum atomic E-state index is 12.2. The van der Waals surface area contributed by atoms with Crippen LogP contribution in [0.2, 0.25) is 10.0 Å². The van der Waals surface area contributed by atoms with Crippen LogP contribution in [0.5, 0.6) is 11.5 Å². The first kappa shape index (κ1) is 22.5. The number of rotatable bonds is 7. The van der Waals surface area contributed by atoms with Crippen LogP contribution < -0.4 is 20.3 Å². The summed E-state index contributed by atoms with van der Waals surface area (Å²) in [6.07, 6.45) is -0.904. The zero-order valence-corrected chi connectivity index (χ0v) is 18.1. The SMILES string of the molecule is CC(Oc1ccc(Cl)cc1Cl)C(=O)NNC(=O)COc1ccccc1-c1ccccc1. The fourth-order valence-electron chi connectivity index (χ4n) is 2.68. The van der Waals surface area contributed by atoms with Gasteiger partial charge in [0.1, 0.15) is 11.5 Å². The molecule has 0 bridgehead atoms. The zero-order chi connectivity index (χ0) is 22.2. The fourth-order valence-corrected chi connectivity index (χ4v) is 3.13. The van der Waals surface area contributed by atoms with E-state index in [1.165, 1.54) is 13.0 Å². The van der Waals surface area contributed by atoms with Crippen LogP contribution in [0.3, 0.4) is 0 Å². The first-order valence-corrected chi connectivity index (χ1v) is 10.2. The molecule has 3 aromatic rings. The molecule has 3 rings (SSSR count). The Labute approximate surface area is 190 Å². The van der Waals surface area contributed by atoms with E-state index >= 15 is 0 Å². The molecule has 6 nitrogen and oxygen atoms in total. The monoisotopic (exact) mass is 458 g/mol. The van der Waals surface area contributed by atoms with Gasteiger partial charge in [-0.3, -0.25) is 20.4 Å². The maximum Gasteiger partial charge on any atom is 0.279 e. The van der Waals surface area contributed by atoms with Gasteiger partial charge < -0.3 is 9.47 Å². The molecule has 160 valence electrons. The fraction of sp³-hybridized carbons (Fsp3) is 0.130. The Hall–Kier alpha value is -3.22. The van der Waals surface area contributed by atoms with Gasteiger partial charge in [-0.15, -0.1) is 0 Å². The summed E-state index contributed by atoms with van der Waals surface area (Å²) in [4.78, 5) is 24.3. The quantitative estimate of drug-likeness (QED) is 0.505. The highest BCUT2D eigenvalue weighted by Crippen LogP contribution is 2.29. The Kier molecular flexibility index (Phi) is 7.76. The number of amides is 2. The summed E-state index contributed by atoms with van der Waals surface area (Å²) < 4.78 is 11.1. The van der Waals surface area contributed by atoms with Crippen molar-refractivity contribution in [1.29, 1.82) is 0 Å². The molecule has 0 aromatic heterocycles. The molecule has 0 spiro atoms. The molecule has 1 atom stereocenters. The van der Waals surface area contributed by atoms with Crippen molar-refractivity contribution in [3.8, 4) is 22.6 Å². The standard InChI is InChI=1S/C23H20Cl2N2O4/c1-15(31-21-12-11-17(24)13-19(21)25)23(29)27-26-22(28)14-30-20-10-6-5-9-18(20)16-7-3-2-4-8-16/h2-13,15H,14H2,1H3,(H,26,28)(H,27,29). The number of halogens is 2. The van der Waals surface area contributed by atoms with Crippen molar-refractivity contribution < 1.29 is 19.1 Å². The molecular weight excluding hydrogens is 439 g/mol. The van der Waals surface area contributed by atoms with E-state index in [2.05, 4.69) is 10.9 Å². The van der Waals surface area contributed by atoms with Crippen LogP contribution in [0, 0.1) is 0 Å². The minimum Gasteiger partial charge on any atom is -0.483 e. The molecule has 0 fully saturated rings. The average Bonchev–Trinajstić information content (AvgIpc) is 2.78. The van der Waals surface area contributed by atoms with Crippen LogP contribution in [-0.4, -0.2) is 24.5 Å². The molecule has 8 heteroatoms. The number of nitrogens with one attached hydrogen (secondary N) is 2. The Balaban J connectivity index is 1.50.